The van der Waals surface area contributed by atoms with Crippen LogP contribution < -0.4 is 5.32 Å². The maximum atomic E-state index is 12.8. The highest BCUT2D eigenvalue weighted by molar-refractivity contribution is 7.89. The van der Waals surface area contributed by atoms with Crippen molar-refractivity contribution in [2.75, 3.05) is 18.4 Å². The molecule has 2 aromatic rings. The molecule has 0 aliphatic carbocycles. The number of carbonyl (C=O) groups excluding carboxylic acids is 1. The highest BCUT2D eigenvalue weighted by Crippen LogP contribution is 2.21. The summed E-state index contributed by atoms with van der Waals surface area (Å²) in [5, 5.41) is 2.71. The van der Waals surface area contributed by atoms with Gasteiger partial charge in [-0.3, -0.25) is 4.79 Å². The summed E-state index contributed by atoms with van der Waals surface area (Å²) in [4.78, 5) is 12.2. The monoisotopic (exact) mass is 388 g/mol. The lowest BCUT2D eigenvalue weighted by atomic mass is 10.2. The largest absolute Gasteiger partial charge is 0.462 e. The smallest absolute Gasteiger partial charge is 0.248 e. The van der Waals surface area contributed by atoms with Crippen molar-refractivity contribution in [2.45, 2.75) is 37.5 Å². The number of furan rings is 1. The van der Waals surface area contributed by atoms with Crippen LogP contribution in [0.4, 0.5) is 5.69 Å². The number of anilines is 1. The number of hydrogen-bond donors (Lipinski definition) is 1. The van der Waals surface area contributed by atoms with E-state index in [9.17, 15) is 13.2 Å². The van der Waals surface area contributed by atoms with Crippen LogP contribution in [0, 0.1) is 6.92 Å². The normalized spacial score (nSPS) is 16.3. The molecule has 0 radical (unpaired) electrons. The first-order valence-corrected chi connectivity index (χ1v) is 10.5. The molecule has 1 aliphatic heterocycles. The average molecular weight is 388 g/mol. The molecule has 7 heteroatoms. The Hall–Kier alpha value is -2.38. The third-order valence-electron chi connectivity index (χ3n) is 4.48. The van der Waals surface area contributed by atoms with Crippen molar-refractivity contribution in [2.24, 2.45) is 0 Å². The standard InChI is InChI=1S/C20H24N2O4S/c1-16-6-9-18(26-16)10-13-20(23)21-17-7-11-19(12-8-17)27(24,25)22-14-4-2-3-5-15-22/h6-13H,2-5,14-15H2,1H3,(H,21,23)/b13-10+. The molecule has 1 aromatic heterocycles. The first-order valence-electron chi connectivity index (χ1n) is 9.11. The van der Waals surface area contributed by atoms with E-state index in [-0.39, 0.29) is 10.8 Å². The van der Waals surface area contributed by atoms with E-state index in [1.54, 1.807) is 28.6 Å². The molecule has 27 heavy (non-hydrogen) atoms. The van der Waals surface area contributed by atoms with Gasteiger partial charge in [-0.2, -0.15) is 4.31 Å². The maximum absolute atomic E-state index is 12.8. The molecule has 0 unspecified atom stereocenters. The predicted octanol–water partition coefficient (Wildman–Crippen LogP) is 3.80. The van der Waals surface area contributed by atoms with Crippen LogP contribution in [0.3, 0.4) is 0 Å². The van der Waals surface area contributed by atoms with E-state index >= 15 is 0 Å². The first kappa shape index (κ1) is 19.4. The Kier molecular flexibility index (Phi) is 6.13. The molecule has 0 bridgehead atoms. The van der Waals surface area contributed by atoms with Crippen molar-refractivity contribution in [3.8, 4) is 0 Å². The second kappa shape index (κ2) is 8.54. The zero-order valence-electron chi connectivity index (χ0n) is 15.3. The summed E-state index contributed by atoms with van der Waals surface area (Å²) in [5.74, 6) is 1.06. The molecule has 144 valence electrons. The van der Waals surface area contributed by atoms with E-state index in [0.717, 1.165) is 31.4 Å². The van der Waals surface area contributed by atoms with Crippen LogP contribution in [0.5, 0.6) is 0 Å². The van der Waals surface area contributed by atoms with Crippen molar-refractivity contribution >= 4 is 27.7 Å². The Balaban J connectivity index is 1.64. The van der Waals surface area contributed by atoms with Crippen LogP contribution in [-0.2, 0) is 14.8 Å². The molecule has 1 saturated heterocycles. The molecular weight excluding hydrogens is 364 g/mol. The van der Waals surface area contributed by atoms with Gasteiger partial charge in [0, 0.05) is 24.9 Å². The molecule has 0 atom stereocenters. The SMILES string of the molecule is Cc1ccc(/C=C/C(=O)Nc2ccc(S(=O)(=O)N3CCCCCC3)cc2)o1. The van der Waals surface area contributed by atoms with E-state index in [2.05, 4.69) is 5.32 Å². The number of rotatable bonds is 5. The predicted molar refractivity (Wildman–Crippen MR) is 105 cm³/mol. The summed E-state index contributed by atoms with van der Waals surface area (Å²) in [6, 6.07) is 9.88. The second-order valence-corrected chi connectivity index (χ2v) is 8.55. The number of benzene rings is 1. The average Bonchev–Trinajstić information content (AvgIpc) is 2.89. The van der Waals surface area contributed by atoms with Gasteiger partial charge in [-0.05, 0) is 62.2 Å². The van der Waals surface area contributed by atoms with E-state index < -0.39 is 10.0 Å². The van der Waals surface area contributed by atoms with Crippen molar-refractivity contribution in [1.29, 1.82) is 0 Å². The lowest BCUT2D eigenvalue weighted by Gasteiger charge is -2.20. The Morgan fingerprint density at radius 2 is 1.70 bits per heavy atom. The zero-order chi connectivity index (χ0) is 19.3. The summed E-state index contributed by atoms with van der Waals surface area (Å²) < 4.78 is 32.4. The molecular formula is C20H24N2O4S. The zero-order valence-corrected chi connectivity index (χ0v) is 16.2. The molecule has 1 fully saturated rings. The quantitative estimate of drug-likeness (QED) is 0.790. The Labute approximate surface area is 159 Å². The number of carbonyl (C=O) groups is 1. The van der Waals surface area contributed by atoms with Gasteiger partial charge in [-0.1, -0.05) is 12.8 Å². The number of sulfonamides is 1. The molecule has 1 aliphatic rings. The third-order valence-corrected chi connectivity index (χ3v) is 6.40. The van der Waals surface area contributed by atoms with E-state index in [1.807, 2.05) is 13.0 Å². The van der Waals surface area contributed by atoms with Gasteiger partial charge in [0.15, 0.2) is 0 Å². The Morgan fingerprint density at radius 3 is 2.30 bits per heavy atom. The fourth-order valence-electron chi connectivity index (χ4n) is 3.03. The summed E-state index contributed by atoms with van der Waals surface area (Å²) in [6.07, 6.45) is 6.90. The minimum atomic E-state index is -3.48. The molecule has 1 aromatic carbocycles. The van der Waals surface area contributed by atoms with Gasteiger partial charge in [-0.15, -0.1) is 0 Å². The van der Waals surface area contributed by atoms with Gasteiger partial charge in [0.05, 0.1) is 4.90 Å². The fraction of sp³-hybridized carbons (Fsp3) is 0.350. The minimum Gasteiger partial charge on any atom is -0.462 e. The van der Waals surface area contributed by atoms with E-state index in [4.69, 9.17) is 4.42 Å². The Bertz CT molecular complexity index is 906. The van der Waals surface area contributed by atoms with Crippen LogP contribution in [0.15, 0.2) is 51.8 Å². The summed E-state index contributed by atoms with van der Waals surface area (Å²) in [6.45, 7) is 2.97. The second-order valence-electron chi connectivity index (χ2n) is 6.61. The van der Waals surface area contributed by atoms with Crippen LogP contribution in [0.1, 0.15) is 37.2 Å². The number of amides is 1. The molecule has 2 heterocycles. The number of hydrogen-bond acceptors (Lipinski definition) is 4. The van der Waals surface area contributed by atoms with Crippen LogP contribution in [0.25, 0.3) is 6.08 Å². The highest BCUT2D eigenvalue weighted by atomic mass is 32.2. The van der Waals surface area contributed by atoms with Crippen molar-refractivity contribution in [1.82, 2.24) is 4.31 Å². The summed E-state index contributed by atoms with van der Waals surface area (Å²) in [5.41, 5.74) is 0.537. The van der Waals surface area contributed by atoms with E-state index in [0.29, 0.717) is 24.5 Å². The summed E-state index contributed by atoms with van der Waals surface area (Å²) >= 11 is 0. The van der Waals surface area contributed by atoms with E-state index in [1.165, 1.54) is 18.2 Å². The number of nitrogens with one attached hydrogen (secondary N) is 1. The van der Waals surface area contributed by atoms with Gasteiger partial charge < -0.3 is 9.73 Å². The van der Waals surface area contributed by atoms with Gasteiger partial charge in [0.25, 0.3) is 0 Å². The summed E-state index contributed by atoms with van der Waals surface area (Å²) in [7, 11) is -3.48. The molecule has 1 N–H and O–H groups in total. The first-order chi connectivity index (χ1) is 12.9. The highest BCUT2D eigenvalue weighted by Gasteiger charge is 2.24. The molecule has 0 saturated carbocycles. The lowest BCUT2D eigenvalue weighted by Crippen LogP contribution is -2.31. The molecule has 1 amide bonds. The van der Waals surface area contributed by atoms with Gasteiger partial charge in [0.2, 0.25) is 15.9 Å². The number of nitrogens with zero attached hydrogens (tertiary/aromatic N) is 1. The maximum Gasteiger partial charge on any atom is 0.248 e. The van der Waals surface area contributed by atoms with Gasteiger partial charge >= 0.3 is 0 Å². The Morgan fingerprint density at radius 1 is 1.04 bits per heavy atom. The van der Waals surface area contributed by atoms with Crippen LogP contribution in [0.2, 0.25) is 0 Å². The number of aryl methyl sites for hydroxylation is 1. The molecule has 3 rings (SSSR count). The third kappa shape index (κ3) is 5.08. The molecule has 0 spiro atoms. The van der Waals surface area contributed by atoms with Crippen LogP contribution >= 0.6 is 0 Å². The topological polar surface area (TPSA) is 79.6 Å². The lowest BCUT2D eigenvalue weighted by molar-refractivity contribution is -0.111. The van der Waals surface area contributed by atoms with Gasteiger partial charge in [-0.25, -0.2) is 8.42 Å². The minimum absolute atomic E-state index is 0.254. The van der Waals surface area contributed by atoms with Crippen LogP contribution in [-0.4, -0.2) is 31.7 Å². The van der Waals surface area contributed by atoms with Crippen molar-refractivity contribution in [3.63, 3.8) is 0 Å². The van der Waals surface area contributed by atoms with Gasteiger partial charge in [0.1, 0.15) is 11.5 Å². The molecule has 6 nitrogen and oxygen atoms in total. The van der Waals surface area contributed by atoms with Crippen molar-refractivity contribution in [3.05, 3.63) is 54.0 Å². The fourth-order valence-corrected chi connectivity index (χ4v) is 4.54. The van der Waals surface area contributed by atoms with Crippen molar-refractivity contribution < 1.29 is 17.6 Å².